The first-order valence-electron chi connectivity index (χ1n) is 12.7. The zero-order chi connectivity index (χ0) is 21.4. The molecule has 6 heteroatoms. The molecule has 0 radical (unpaired) electrons. The van der Waals surface area contributed by atoms with Crippen LogP contribution in [0.5, 0.6) is 0 Å². The van der Waals surface area contributed by atoms with E-state index in [2.05, 4.69) is 6.07 Å². The second-order valence-electron chi connectivity index (χ2n) is 10.8. The Morgan fingerprint density at radius 3 is 1.84 bits per heavy atom. The predicted molar refractivity (Wildman–Crippen MR) is 116 cm³/mol. The van der Waals surface area contributed by atoms with Crippen molar-refractivity contribution in [3.8, 4) is 6.07 Å². The predicted octanol–water partition coefficient (Wildman–Crippen LogP) is 3.22. The summed E-state index contributed by atoms with van der Waals surface area (Å²) >= 11 is 0. The quantitative estimate of drug-likeness (QED) is 0.693. The highest BCUT2D eigenvalue weighted by molar-refractivity contribution is 5.82. The molecule has 6 nitrogen and oxygen atoms in total. The summed E-state index contributed by atoms with van der Waals surface area (Å²) in [4.78, 5) is 29.3. The largest absolute Gasteiger partial charge is 0.368 e. The summed E-state index contributed by atoms with van der Waals surface area (Å²) < 4.78 is 5.32. The van der Waals surface area contributed by atoms with Gasteiger partial charge >= 0.3 is 0 Å². The lowest BCUT2D eigenvalue weighted by atomic mass is 9.66. The average Bonchev–Trinajstić information content (AvgIpc) is 3.20. The fraction of sp³-hybridized carbons (Fsp3) is 0.880. The summed E-state index contributed by atoms with van der Waals surface area (Å²) in [5.41, 5.74) is 0. The van der Waals surface area contributed by atoms with Crippen LogP contribution in [0, 0.1) is 46.8 Å². The van der Waals surface area contributed by atoms with E-state index < -0.39 is 0 Å². The number of ether oxygens (including phenoxy) is 1. The van der Waals surface area contributed by atoms with Gasteiger partial charge in [0, 0.05) is 44.4 Å². The second-order valence-corrected chi connectivity index (χ2v) is 10.8. The van der Waals surface area contributed by atoms with Crippen LogP contribution in [0.1, 0.15) is 64.2 Å². The minimum Gasteiger partial charge on any atom is -0.368 e. The smallest absolute Gasteiger partial charge is 0.251 e. The van der Waals surface area contributed by atoms with Gasteiger partial charge in [0.2, 0.25) is 5.91 Å². The fourth-order valence-corrected chi connectivity index (χ4v) is 7.20. The van der Waals surface area contributed by atoms with Gasteiger partial charge in [0.25, 0.3) is 5.91 Å². The van der Waals surface area contributed by atoms with Gasteiger partial charge < -0.3 is 14.5 Å². The normalized spacial score (nSPS) is 40.5. The third-order valence-electron chi connectivity index (χ3n) is 9.20. The molecule has 5 atom stereocenters. The number of hydrogen-bond acceptors (Lipinski definition) is 4. The van der Waals surface area contributed by atoms with E-state index in [1.165, 1.54) is 32.1 Å². The van der Waals surface area contributed by atoms with E-state index in [1.807, 2.05) is 9.80 Å². The molecular weight excluding hydrogens is 390 g/mol. The van der Waals surface area contributed by atoms with Gasteiger partial charge in [-0.2, -0.15) is 5.26 Å². The van der Waals surface area contributed by atoms with Crippen molar-refractivity contribution in [1.29, 1.82) is 5.26 Å². The molecule has 0 aromatic carbocycles. The van der Waals surface area contributed by atoms with Gasteiger partial charge in [0.1, 0.15) is 6.10 Å². The standard InChI is InChI=1S/C25H37N3O3/c26-16-17-13-20-5-6-21(15-22(20)14-17)18-1-3-19(4-2-18)24(29)27-8-10-28(11-9-27)25(30)23-7-12-31-23/h17-23H,1-15H2. The molecule has 2 heterocycles. The van der Waals surface area contributed by atoms with Gasteiger partial charge in [-0.25, -0.2) is 0 Å². The van der Waals surface area contributed by atoms with Crippen molar-refractivity contribution in [1.82, 2.24) is 9.80 Å². The summed E-state index contributed by atoms with van der Waals surface area (Å²) in [5.74, 6) is 4.10. The third-order valence-corrected chi connectivity index (χ3v) is 9.20. The maximum Gasteiger partial charge on any atom is 0.251 e. The van der Waals surface area contributed by atoms with Crippen LogP contribution in [0.25, 0.3) is 0 Å². The van der Waals surface area contributed by atoms with Crippen molar-refractivity contribution in [3.05, 3.63) is 0 Å². The second kappa shape index (κ2) is 9.10. The molecule has 170 valence electrons. The Kier molecular flexibility index (Phi) is 6.23. The van der Waals surface area contributed by atoms with Crippen molar-refractivity contribution in [3.63, 3.8) is 0 Å². The van der Waals surface area contributed by atoms with E-state index in [4.69, 9.17) is 4.74 Å². The molecule has 2 saturated heterocycles. The first-order chi connectivity index (χ1) is 15.1. The minimum atomic E-state index is -0.234. The number of hydrogen-bond donors (Lipinski definition) is 0. The van der Waals surface area contributed by atoms with Crippen molar-refractivity contribution >= 4 is 11.8 Å². The number of nitrogens with zero attached hydrogens (tertiary/aromatic N) is 3. The topological polar surface area (TPSA) is 73.6 Å². The van der Waals surface area contributed by atoms with Gasteiger partial charge in [-0.15, -0.1) is 0 Å². The van der Waals surface area contributed by atoms with Crippen molar-refractivity contribution in [2.24, 2.45) is 35.5 Å². The maximum atomic E-state index is 13.1. The molecule has 0 bridgehead atoms. The first kappa shape index (κ1) is 21.2. The van der Waals surface area contributed by atoms with E-state index in [0.29, 0.717) is 44.6 Å². The Labute approximate surface area is 186 Å². The molecule has 5 aliphatic rings. The molecule has 31 heavy (non-hydrogen) atoms. The van der Waals surface area contributed by atoms with Gasteiger partial charge in [0.15, 0.2) is 0 Å². The number of rotatable bonds is 3. The monoisotopic (exact) mass is 427 g/mol. The van der Waals surface area contributed by atoms with Crippen LogP contribution < -0.4 is 0 Å². The summed E-state index contributed by atoms with van der Waals surface area (Å²) in [7, 11) is 0. The van der Waals surface area contributed by atoms with Crippen LogP contribution >= 0.6 is 0 Å². The minimum absolute atomic E-state index is 0.108. The third kappa shape index (κ3) is 4.35. The highest BCUT2D eigenvalue weighted by atomic mass is 16.5. The molecular formula is C25H37N3O3. The van der Waals surface area contributed by atoms with Crippen LogP contribution in [0.3, 0.4) is 0 Å². The van der Waals surface area contributed by atoms with Crippen LogP contribution in [0.2, 0.25) is 0 Å². The van der Waals surface area contributed by atoms with E-state index >= 15 is 0 Å². The summed E-state index contributed by atoms with van der Waals surface area (Å²) in [5, 5.41) is 9.29. The van der Waals surface area contributed by atoms with E-state index in [0.717, 1.165) is 55.8 Å². The maximum absolute atomic E-state index is 13.1. The Bertz CT molecular complexity index is 714. The van der Waals surface area contributed by atoms with E-state index in [-0.39, 0.29) is 17.9 Å². The molecule has 0 N–H and O–H groups in total. The van der Waals surface area contributed by atoms with Gasteiger partial charge in [0.05, 0.1) is 12.7 Å². The van der Waals surface area contributed by atoms with E-state index in [9.17, 15) is 14.9 Å². The Hall–Kier alpha value is -1.61. The Morgan fingerprint density at radius 1 is 0.710 bits per heavy atom. The van der Waals surface area contributed by atoms with Crippen molar-refractivity contribution in [2.75, 3.05) is 32.8 Å². The number of piperazine rings is 1. The lowest BCUT2D eigenvalue weighted by Gasteiger charge is -2.41. The number of nitriles is 1. The fourth-order valence-electron chi connectivity index (χ4n) is 7.20. The zero-order valence-electron chi connectivity index (χ0n) is 18.7. The molecule has 2 aliphatic heterocycles. The molecule has 5 unspecified atom stereocenters. The van der Waals surface area contributed by atoms with Gasteiger partial charge in [-0.1, -0.05) is 0 Å². The Morgan fingerprint density at radius 2 is 1.26 bits per heavy atom. The van der Waals surface area contributed by atoms with Crippen molar-refractivity contribution in [2.45, 2.75) is 70.3 Å². The lowest BCUT2D eigenvalue weighted by Crippen LogP contribution is -2.55. The molecule has 3 saturated carbocycles. The average molecular weight is 428 g/mol. The number of carbonyl (C=O) groups excluding carboxylic acids is 2. The van der Waals surface area contributed by atoms with Crippen LogP contribution in [0.15, 0.2) is 0 Å². The number of amides is 2. The SMILES string of the molecule is N#CC1CC2CCC(C3CCC(C(=O)N4CCN(C(=O)C5CCO5)CC4)CC3)CC2C1. The molecule has 5 rings (SSSR count). The highest BCUT2D eigenvalue weighted by Gasteiger charge is 2.42. The highest BCUT2D eigenvalue weighted by Crippen LogP contribution is 2.50. The van der Waals surface area contributed by atoms with Crippen LogP contribution in [-0.2, 0) is 14.3 Å². The van der Waals surface area contributed by atoms with E-state index in [1.54, 1.807) is 0 Å². The van der Waals surface area contributed by atoms with Crippen LogP contribution in [0.4, 0.5) is 0 Å². The summed E-state index contributed by atoms with van der Waals surface area (Å²) in [6, 6.07) is 2.51. The summed E-state index contributed by atoms with van der Waals surface area (Å²) in [6.07, 6.45) is 11.3. The lowest BCUT2D eigenvalue weighted by molar-refractivity contribution is -0.159. The van der Waals surface area contributed by atoms with Gasteiger partial charge in [-0.05, 0) is 81.5 Å². The summed E-state index contributed by atoms with van der Waals surface area (Å²) in [6.45, 7) is 3.33. The Balaban J connectivity index is 1.06. The molecule has 2 amide bonds. The number of carbonyl (C=O) groups is 2. The molecule has 0 aromatic heterocycles. The first-order valence-corrected chi connectivity index (χ1v) is 12.7. The molecule has 3 aliphatic carbocycles. The molecule has 0 spiro atoms. The van der Waals surface area contributed by atoms with Crippen molar-refractivity contribution < 1.29 is 14.3 Å². The molecule has 5 fully saturated rings. The zero-order valence-corrected chi connectivity index (χ0v) is 18.7. The van der Waals surface area contributed by atoms with Crippen LogP contribution in [-0.4, -0.2) is 60.5 Å². The molecule has 0 aromatic rings. The number of fused-ring (bicyclic) bond motifs is 1. The van der Waals surface area contributed by atoms with Gasteiger partial charge in [-0.3, -0.25) is 9.59 Å².